The van der Waals surface area contributed by atoms with Gasteiger partial charge in [0.15, 0.2) is 0 Å². The van der Waals surface area contributed by atoms with E-state index in [1.807, 2.05) is 49.4 Å². The number of aromatic nitrogens is 4. The number of carbonyl (C=O) groups excluding carboxylic acids is 1. The number of benzene rings is 1. The fourth-order valence-electron chi connectivity index (χ4n) is 4.21. The molecular weight excluding hydrogens is 402 g/mol. The van der Waals surface area contributed by atoms with E-state index in [1.54, 1.807) is 12.5 Å². The van der Waals surface area contributed by atoms with E-state index < -0.39 is 0 Å². The van der Waals surface area contributed by atoms with Gasteiger partial charge >= 0.3 is 5.97 Å². The highest BCUT2D eigenvalue weighted by molar-refractivity contribution is 5.95. The number of carbonyl (C=O) groups is 1. The van der Waals surface area contributed by atoms with Gasteiger partial charge in [0, 0.05) is 28.9 Å². The zero-order valence-electron chi connectivity index (χ0n) is 17.9. The maximum Gasteiger partial charge on any atom is 0.339 e. The Morgan fingerprint density at radius 3 is 2.75 bits per heavy atom. The maximum absolute atomic E-state index is 12.7. The van der Waals surface area contributed by atoms with Gasteiger partial charge in [0.2, 0.25) is 0 Å². The van der Waals surface area contributed by atoms with Crippen LogP contribution in [0.3, 0.4) is 0 Å². The summed E-state index contributed by atoms with van der Waals surface area (Å²) >= 11 is 0. The first-order valence-electron chi connectivity index (χ1n) is 10.9. The lowest BCUT2D eigenvalue weighted by atomic mass is 9.94. The minimum Gasteiger partial charge on any atom is -0.459 e. The lowest BCUT2D eigenvalue weighted by Gasteiger charge is -2.25. The molecule has 1 aromatic carbocycles. The smallest absolute Gasteiger partial charge is 0.339 e. The number of aryl methyl sites for hydroxylation is 1. The standard InChI is InChI=1S/C25H25N5O2/c1-15-3-2-4-22(30-15)24-23(28-14-29-24)16-5-10-21-17(11-16)12-18(13-27-21)25(31)32-20-8-6-19(26)7-9-20/h2-5,10-14,19-20H,6-9,26H2,1H3,(H,28,29)/t19-,20-. The number of hydrogen-bond acceptors (Lipinski definition) is 6. The number of imidazole rings is 1. The number of aromatic amines is 1. The molecule has 0 radical (unpaired) electrons. The van der Waals surface area contributed by atoms with E-state index in [1.165, 1.54) is 0 Å². The number of H-pyrrole nitrogens is 1. The second-order valence-electron chi connectivity index (χ2n) is 8.36. The van der Waals surface area contributed by atoms with Crippen molar-refractivity contribution in [2.45, 2.75) is 44.8 Å². The van der Waals surface area contributed by atoms with Crippen LogP contribution >= 0.6 is 0 Å². The zero-order chi connectivity index (χ0) is 22.1. The van der Waals surface area contributed by atoms with E-state index in [2.05, 4.69) is 19.9 Å². The molecule has 0 aliphatic heterocycles. The number of fused-ring (bicyclic) bond motifs is 1. The number of hydrogen-bond donors (Lipinski definition) is 2. The van der Waals surface area contributed by atoms with E-state index in [0.29, 0.717) is 5.56 Å². The topological polar surface area (TPSA) is 107 Å². The largest absolute Gasteiger partial charge is 0.459 e. The molecule has 162 valence electrons. The predicted octanol–water partition coefficient (Wildman–Crippen LogP) is 4.42. The summed E-state index contributed by atoms with van der Waals surface area (Å²) in [4.78, 5) is 29.5. The van der Waals surface area contributed by atoms with Gasteiger partial charge < -0.3 is 15.5 Å². The number of ether oxygens (including phenoxy) is 1. The van der Waals surface area contributed by atoms with Gasteiger partial charge in [0.25, 0.3) is 0 Å². The van der Waals surface area contributed by atoms with E-state index >= 15 is 0 Å². The van der Waals surface area contributed by atoms with Gasteiger partial charge in [0.1, 0.15) is 6.10 Å². The van der Waals surface area contributed by atoms with Crippen LogP contribution < -0.4 is 5.73 Å². The van der Waals surface area contributed by atoms with Crippen LogP contribution in [0.5, 0.6) is 0 Å². The summed E-state index contributed by atoms with van der Waals surface area (Å²) in [6.07, 6.45) is 6.58. The van der Waals surface area contributed by atoms with Crippen LogP contribution in [-0.2, 0) is 4.74 Å². The van der Waals surface area contributed by atoms with Crippen molar-refractivity contribution in [3.63, 3.8) is 0 Å². The molecular formula is C25H25N5O2. The van der Waals surface area contributed by atoms with Gasteiger partial charge in [-0.05, 0) is 62.9 Å². The minimum absolute atomic E-state index is 0.0715. The summed E-state index contributed by atoms with van der Waals surface area (Å²) in [5.74, 6) is -0.338. The highest BCUT2D eigenvalue weighted by Gasteiger charge is 2.23. The highest BCUT2D eigenvalue weighted by atomic mass is 16.5. The van der Waals surface area contributed by atoms with Crippen LogP contribution in [0.2, 0.25) is 0 Å². The predicted molar refractivity (Wildman–Crippen MR) is 123 cm³/mol. The molecule has 0 spiro atoms. The molecule has 1 aliphatic carbocycles. The molecule has 5 rings (SSSR count). The molecule has 0 unspecified atom stereocenters. The Bertz CT molecular complexity index is 1270. The van der Waals surface area contributed by atoms with Gasteiger partial charge in [0.05, 0.1) is 34.5 Å². The third-order valence-electron chi connectivity index (χ3n) is 5.97. The highest BCUT2D eigenvalue weighted by Crippen LogP contribution is 2.30. The van der Waals surface area contributed by atoms with Crippen molar-refractivity contribution in [2.75, 3.05) is 0 Å². The third kappa shape index (κ3) is 4.11. The van der Waals surface area contributed by atoms with Gasteiger partial charge in [-0.1, -0.05) is 12.1 Å². The first-order chi connectivity index (χ1) is 15.6. The van der Waals surface area contributed by atoms with Crippen molar-refractivity contribution in [3.05, 3.63) is 66.2 Å². The average molecular weight is 428 g/mol. The van der Waals surface area contributed by atoms with Gasteiger partial charge in [-0.25, -0.2) is 9.78 Å². The summed E-state index contributed by atoms with van der Waals surface area (Å²) < 4.78 is 5.71. The molecule has 1 saturated carbocycles. The Labute approximate surface area is 186 Å². The number of rotatable bonds is 4. The van der Waals surface area contributed by atoms with E-state index in [4.69, 9.17) is 10.5 Å². The maximum atomic E-state index is 12.7. The summed E-state index contributed by atoms with van der Waals surface area (Å²) in [7, 11) is 0. The first-order valence-corrected chi connectivity index (χ1v) is 10.9. The summed E-state index contributed by atoms with van der Waals surface area (Å²) in [6, 6.07) is 13.9. The molecule has 0 atom stereocenters. The Hall–Kier alpha value is -3.58. The molecule has 4 aromatic rings. The number of nitrogens with two attached hydrogens (primary N) is 1. The first kappa shape index (κ1) is 20.3. The van der Waals surface area contributed by atoms with Crippen molar-refractivity contribution < 1.29 is 9.53 Å². The fourth-order valence-corrected chi connectivity index (χ4v) is 4.21. The van der Waals surface area contributed by atoms with Gasteiger partial charge in [-0.15, -0.1) is 0 Å². The van der Waals surface area contributed by atoms with Crippen LogP contribution in [0.15, 0.2) is 55.0 Å². The number of pyridine rings is 2. The van der Waals surface area contributed by atoms with Crippen LogP contribution in [0.4, 0.5) is 0 Å². The number of nitrogens with zero attached hydrogens (tertiary/aromatic N) is 3. The molecule has 7 nitrogen and oxygen atoms in total. The normalized spacial score (nSPS) is 18.6. The average Bonchev–Trinajstić information content (AvgIpc) is 3.30. The Morgan fingerprint density at radius 1 is 1.09 bits per heavy atom. The van der Waals surface area contributed by atoms with Crippen molar-refractivity contribution >= 4 is 16.9 Å². The van der Waals surface area contributed by atoms with Gasteiger partial charge in [-0.3, -0.25) is 9.97 Å². The second kappa shape index (κ2) is 8.51. The van der Waals surface area contributed by atoms with Crippen LogP contribution in [-0.4, -0.2) is 38.1 Å². The molecule has 0 bridgehead atoms. The molecule has 1 aliphatic rings. The quantitative estimate of drug-likeness (QED) is 0.467. The SMILES string of the molecule is Cc1cccc(-c2[nH]cnc2-c2ccc3ncc(C(=O)O[C@H]4CC[C@H](N)CC4)cc3c2)n1. The number of esters is 1. The second-order valence-corrected chi connectivity index (χ2v) is 8.36. The van der Waals surface area contributed by atoms with E-state index in [-0.39, 0.29) is 18.1 Å². The monoisotopic (exact) mass is 427 g/mol. The van der Waals surface area contributed by atoms with Crippen LogP contribution in [0, 0.1) is 6.92 Å². The minimum atomic E-state index is -0.338. The third-order valence-corrected chi connectivity index (χ3v) is 5.97. The Balaban J connectivity index is 1.43. The molecule has 1 fully saturated rings. The van der Waals surface area contributed by atoms with E-state index in [0.717, 1.165) is 64.9 Å². The summed E-state index contributed by atoms with van der Waals surface area (Å²) in [5.41, 5.74) is 11.6. The molecule has 7 heteroatoms. The molecule has 3 aromatic heterocycles. The van der Waals surface area contributed by atoms with Gasteiger partial charge in [-0.2, -0.15) is 0 Å². The molecule has 3 heterocycles. The van der Waals surface area contributed by atoms with Crippen LogP contribution in [0.1, 0.15) is 41.7 Å². The zero-order valence-corrected chi connectivity index (χ0v) is 17.9. The Kier molecular flexibility index (Phi) is 5.41. The summed E-state index contributed by atoms with van der Waals surface area (Å²) in [5, 5.41) is 0.855. The Morgan fingerprint density at radius 2 is 1.94 bits per heavy atom. The van der Waals surface area contributed by atoms with E-state index in [9.17, 15) is 4.79 Å². The molecule has 0 amide bonds. The molecule has 0 saturated heterocycles. The van der Waals surface area contributed by atoms with Crippen molar-refractivity contribution in [1.82, 2.24) is 19.9 Å². The molecule has 32 heavy (non-hydrogen) atoms. The lowest BCUT2D eigenvalue weighted by Crippen LogP contribution is -2.31. The van der Waals surface area contributed by atoms with Crippen molar-refractivity contribution in [3.8, 4) is 22.6 Å². The van der Waals surface area contributed by atoms with Crippen molar-refractivity contribution in [1.29, 1.82) is 0 Å². The number of nitrogens with one attached hydrogen (secondary N) is 1. The fraction of sp³-hybridized carbons (Fsp3) is 0.280. The summed E-state index contributed by atoms with van der Waals surface area (Å²) in [6.45, 7) is 1.96. The lowest BCUT2D eigenvalue weighted by molar-refractivity contribution is 0.0197. The van der Waals surface area contributed by atoms with Crippen LogP contribution in [0.25, 0.3) is 33.5 Å². The van der Waals surface area contributed by atoms with Crippen molar-refractivity contribution in [2.24, 2.45) is 5.73 Å². The molecule has 3 N–H and O–H groups in total.